The standard InChI is InChI=1S/C35H35ClN2O5/c1-21(2)43-32-20-30-24(18-31(32)42-5)19-33(40)38(34(30)23-6-12-27(36)13-7-23)29-16-10-26(11-17-29)35(4,41)25-8-14-28(15-9-25)37-22(3)39/h6-18,20-21,34,41H,19H2,1-5H3,(H,37,39)/t34-,35+/m0/s1. The number of hydrogen-bond donors (Lipinski definition) is 2. The predicted octanol–water partition coefficient (Wildman–Crippen LogP) is 7.03. The molecule has 2 atom stereocenters. The van der Waals surface area contributed by atoms with Crippen molar-refractivity contribution in [1.82, 2.24) is 0 Å². The molecule has 0 saturated carbocycles. The van der Waals surface area contributed by atoms with Gasteiger partial charge in [-0.1, -0.05) is 48.0 Å². The van der Waals surface area contributed by atoms with E-state index in [-0.39, 0.29) is 24.3 Å². The van der Waals surface area contributed by atoms with Gasteiger partial charge < -0.3 is 24.8 Å². The molecule has 1 aliphatic heterocycles. The molecule has 0 aromatic heterocycles. The molecule has 8 heteroatoms. The first kappa shape index (κ1) is 30.1. The molecule has 0 bridgehead atoms. The van der Waals surface area contributed by atoms with E-state index >= 15 is 0 Å². The van der Waals surface area contributed by atoms with Gasteiger partial charge in [-0.2, -0.15) is 0 Å². The van der Waals surface area contributed by atoms with E-state index in [9.17, 15) is 14.7 Å². The molecule has 0 radical (unpaired) electrons. The number of carbonyl (C=O) groups excluding carboxylic acids is 2. The number of anilines is 2. The van der Waals surface area contributed by atoms with Crippen molar-refractivity contribution in [3.05, 3.63) is 118 Å². The van der Waals surface area contributed by atoms with E-state index in [1.54, 1.807) is 43.2 Å². The highest BCUT2D eigenvalue weighted by Crippen LogP contribution is 2.44. The van der Waals surface area contributed by atoms with Crippen LogP contribution in [0.1, 0.15) is 61.6 Å². The lowest BCUT2D eigenvalue weighted by Crippen LogP contribution is -2.41. The largest absolute Gasteiger partial charge is 0.493 e. The van der Waals surface area contributed by atoms with Gasteiger partial charge in [0.05, 0.1) is 25.7 Å². The number of nitrogens with one attached hydrogen (secondary N) is 1. The van der Waals surface area contributed by atoms with E-state index in [4.69, 9.17) is 21.1 Å². The predicted molar refractivity (Wildman–Crippen MR) is 169 cm³/mol. The van der Waals surface area contributed by atoms with Gasteiger partial charge in [0.2, 0.25) is 11.8 Å². The number of rotatable bonds is 8. The molecule has 0 fully saturated rings. The van der Waals surface area contributed by atoms with Gasteiger partial charge in [-0.15, -0.1) is 0 Å². The number of nitrogens with zero attached hydrogens (tertiary/aromatic N) is 1. The van der Waals surface area contributed by atoms with Gasteiger partial charge in [0, 0.05) is 23.3 Å². The van der Waals surface area contributed by atoms with Gasteiger partial charge in [-0.25, -0.2) is 0 Å². The lowest BCUT2D eigenvalue weighted by Gasteiger charge is -2.38. The van der Waals surface area contributed by atoms with Crippen LogP contribution in [0.2, 0.25) is 5.02 Å². The van der Waals surface area contributed by atoms with Crippen LogP contribution in [0, 0.1) is 0 Å². The first-order valence-electron chi connectivity index (χ1n) is 14.1. The Hall–Kier alpha value is -4.33. The second kappa shape index (κ2) is 12.1. The fourth-order valence-electron chi connectivity index (χ4n) is 5.52. The summed E-state index contributed by atoms with van der Waals surface area (Å²) in [6.45, 7) is 7.08. The van der Waals surface area contributed by atoms with Crippen LogP contribution < -0.4 is 19.7 Å². The van der Waals surface area contributed by atoms with E-state index in [1.165, 1.54) is 6.92 Å². The number of benzene rings is 4. The van der Waals surface area contributed by atoms with Crippen molar-refractivity contribution in [3.63, 3.8) is 0 Å². The molecule has 1 aliphatic rings. The zero-order chi connectivity index (χ0) is 30.9. The minimum absolute atomic E-state index is 0.0656. The number of halogens is 1. The molecule has 0 aliphatic carbocycles. The van der Waals surface area contributed by atoms with Crippen LogP contribution in [0.5, 0.6) is 11.5 Å². The van der Waals surface area contributed by atoms with Crippen LogP contribution in [0.4, 0.5) is 11.4 Å². The molecular formula is C35H35ClN2O5. The summed E-state index contributed by atoms with van der Waals surface area (Å²) in [7, 11) is 1.59. The maximum atomic E-state index is 13.8. The quantitative estimate of drug-likeness (QED) is 0.227. The molecule has 1 heterocycles. The van der Waals surface area contributed by atoms with E-state index in [0.717, 1.165) is 16.7 Å². The minimum atomic E-state index is -1.30. The van der Waals surface area contributed by atoms with Crippen LogP contribution in [0.25, 0.3) is 0 Å². The third-order valence-corrected chi connectivity index (χ3v) is 7.86. The Bertz CT molecular complexity index is 1630. The highest BCUT2D eigenvalue weighted by Gasteiger charge is 2.36. The Kier molecular flexibility index (Phi) is 8.49. The Morgan fingerprint density at radius 3 is 2.14 bits per heavy atom. The summed E-state index contributed by atoms with van der Waals surface area (Å²) in [5.74, 6) is 0.963. The third kappa shape index (κ3) is 6.24. The number of ether oxygens (including phenoxy) is 2. The smallest absolute Gasteiger partial charge is 0.232 e. The van der Waals surface area contributed by atoms with Gasteiger partial charge in [0.1, 0.15) is 5.60 Å². The average molecular weight is 599 g/mol. The maximum absolute atomic E-state index is 13.8. The van der Waals surface area contributed by atoms with Crippen molar-refractivity contribution < 1.29 is 24.2 Å². The Balaban J connectivity index is 1.55. The third-order valence-electron chi connectivity index (χ3n) is 7.61. The summed E-state index contributed by atoms with van der Waals surface area (Å²) in [5, 5.41) is 14.9. The molecule has 2 N–H and O–H groups in total. The maximum Gasteiger partial charge on any atom is 0.232 e. The fraction of sp³-hybridized carbons (Fsp3) is 0.257. The molecule has 222 valence electrons. The molecule has 5 rings (SSSR count). The van der Waals surface area contributed by atoms with Crippen LogP contribution >= 0.6 is 11.6 Å². The van der Waals surface area contributed by atoms with Crippen LogP contribution in [-0.4, -0.2) is 30.1 Å². The number of carbonyl (C=O) groups is 2. The number of fused-ring (bicyclic) bond motifs is 1. The van der Waals surface area contributed by atoms with Gasteiger partial charge in [0.15, 0.2) is 11.5 Å². The SMILES string of the molecule is COc1cc2c(cc1OC(C)C)[C@H](c1ccc(Cl)cc1)N(c1ccc([C@](C)(O)c3ccc(NC(C)=O)cc3)cc1)C(=O)C2. The van der Waals surface area contributed by atoms with E-state index in [1.807, 2.05) is 74.5 Å². The lowest BCUT2D eigenvalue weighted by atomic mass is 9.86. The van der Waals surface area contributed by atoms with Crippen molar-refractivity contribution in [1.29, 1.82) is 0 Å². The van der Waals surface area contributed by atoms with Gasteiger partial charge in [-0.3, -0.25) is 9.59 Å². The van der Waals surface area contributed by atoms with E-state index in [0.29, 0.717) is 39.0 Å². The summed E-state index contributed by atoms with van der Waals surface area (Å²) in [6.07, 6.45) is 0.127. The minimum Gasteiger partial charge on any atom is -0.493 e. The summed E-state index contributed by atoms with van der Waals surface area (Å²) >= 11 is 6.24. The molecule has 4 aromatic rings. The summed E-state index contributed by atoms with van der Waals surface area (Å²) in [6, 6.07) is 25.4. The van der Waals surface area contributed by atoms with Gasteiger partial charge >= 0.3 is 0 Å². The molecule has 0 saturated heterocycles. The zero-order valence-corrected chi connectivity index (χ0v) is 25.6. The fourth-order valence-corrected chi connectivity index (χ4v) is 5.65. The van der Waals surface area contributed by atoms with Crippen molar-refractivity contribution >= 4 is 34.8 Å². The molecular weight excluding hydrogens is 564 g/mol. The Labute approximate surface area is 257 Å². The number of aliphatic hydroxyl groups is 1. The molecule has 0 spiro atoms. The van der Waals surface area contributed by atoms with Crippen LogP contribution in [0.3, 0.4) is 0 Å². The van der Waals surface area contributed by atoms with E-state index < -0.39 is 11.6 Å². The number of methoxy groups -OCH3 is 1. The topological polar surface area (TPSA) is 88.1 Å². The zero-order valence-electron chi connectivity index (χ0n) is 24.9. The monoisotopic (exact) mass is 598 g/mol. The molecule has 43 heavy (non-hydrogen) atoms. The normalized spacial score (nSPS) is 16.0. The highest BCUT2D eigenvalue weighted by atomic mass is 35.5. The summed E-state index contributed by atoms with van der Waals surface area (Å²) < 4.78 is 11.7. The number of amides is 2. The number of hydrogen-bond acceptors (Lipinski definition) is 5. The summed E-state index contributed by atoms with van der Waals surface area (Å²) in [5.41, 5.74) is 4.08. The van der Waals surface area contributed by atoms with Crippen LogP contribution in [-0.2, 0) is 21.6 Å². The van der Waals surface area contributed by atoms with Crippen LogP contribution in [0.15, 0.2) is 84.9 Å². The van der Waals surface area contributed by atoms with Crippen molar-refractivity contribution in [2.24, 2.45) is 0 Å². The van der Waals surface area contributed by atoms with Gasteiger partial charge in [0.25, 0.3) is 0 Å². The highest BCUT2D eigenvalue weighted by molar-refractivity contribution is 6.30. The Morgan fingerprint density at radius 2 is 1.58 bits per heavy atom. The average Bonchev–Trinajstić information content (AvgIpc) is 2.97. The van der Waals surface area contributed by atoms with Crippen molar-refractivity contribution in [2.45, 2.75) is 51.9 Å². The molecule has 7 nitrogen and oxygen atoms in total. The lowest BCUT2D eigenvalue weighted by molar-refractivity contribution is -0.118. The molecule has 4 aromatic carbocycles. The summed E-state index contributed by atoms with van der Waals surface area (Å²) in [4.78, 5) is 27.0. The first-order valence-corrected chi connectivity index (χ1v) is 14.5. The van der Waals surface area contributed by atoms with E-state index in [2.05, 4.69) is 5.32 Å². The first-order chi connectivity index (χ1) is 20.5. The van der Waals surface area contributed by atoms with Crippen molar-refractivity contribution in [3.8, 4) is 11.5 Å². The second-order valence-electron chi connectivity index (χ2n) is 11.1. The molecule has 2 amide bonds. The Morgan fingerprint density at radius 1 is 0.977 bits per heavy atom. The molecule has 0 unspecified atom stereocenters. The van der Waals surface area contributed by atoms with Gasteiger partial charge in [-0.05, 0) is 97.1 Å². The van der Waals surface area contributed by atoms with Crippen molar-refractivity contribution in [2.75, 3.05) is 17.3 Å². The second-order valence-corrected chi connectivity index (χ2v) is 11.6.